The largest absolute Gasteiger partial charge is 0.508 e. The quantitative estimate of drug-likeness (QED) is 0.0765. The molecule has 1 fully saturated rings. The van der Waals surface area contributed by atoms with Gasteiger partial charge in [0.2, 0.25) is 17.8 Å². The number of piperazine rings is 1. The van der Waals surface area contributed by atoms with E-state index in [1.165, 1.54) is 28.8 Å². The summed E-state index contributed by atoms with van der Waals surface area (Å²) in [5, 5.41) is 57.6. The van der Waals surface area contributed by atoms with Gasteiger partial charge in [0.25, 0.3) is 0 Å². The van der Waals surface area contributed by atoms with E-state index in [0.717, 1.165) is 33.8 Å². The van der Waals surface area contributed by atoms with E-state index in [0.29, 0.717) is 61.5 Å². The van der Waals surface area contributed by atoms with Gasteiger partial charge in [-0.3, -0.25) is 9.59 Å². The van der Waals surface area contributed by atoms with Crippen LogP contribution in [-0.2, 0) is 29.1 Å². The van der Waals surface area contributed by atoms with E-state index in [1.54, 1.807) is 11.0 Å². The summed E-state index contributed by atoms with van der Waals surface area (Å²) in [4.78, 5) is 41.8. The third-order valence-corrected chi connectivity index (χ3v) is 12.2. The van der Waals surface area contributed by atoms with Crippen molar-refractivity contribution in [3.8, 4) is 40.7 Å². The predicted octanol–water partition coefficient (Wildman–Crippen LogP) is 6.71. The van der Waals surface area contributed by atoms with Crippen LogP contribution in [0.2, 0.25) is 5.02 Å². The van der Waals surface area contributed by atoms with Gasteiger partial charge in [-0.05, 0) is 59.7 Å². The molecule has 2 aliphatic rings. The van der Waals surface area contributed by atoms with Crippen LogP contribution in [0.1, 0.15) is 55.0 Å². The van der Waals surface area contributed by atoms with Crippen LogP contribution < -0.4 is 20.4 Å². The Labute approximate surface area is 379 Å². The van der Waals surface area contributed by atoms with Gasteiger partial charge < -0.3 is 40.7 Å². The first-order chi connectivity index (χ1) is 31.3. The maximum Gasteiger partial charge on any atom is 0.319 e. The maximum atomic E-state index is 15.6. The number of benzene rings is 4. The monoisotopic (exact) mass is 899 g/mol. The molecule has 1 unspecified atom stereocenters. The molecule has 2 amide bonds. The van der Waals surface area contributed by atoms with Crippen LogP contribution in [-0.4, -0.2) is 95.5 Å². The summed E-state index contributed by atoms with van der Waals surface area (Å²) < 4.78 is 16.8. The van der Waals surface area contributed by atoms with Gasteiger partial charge >= 0.3 is 6.01 Å². The molecule has 6 aromatic rings. The van der Waals surface area contributed by atoms with Crippen LogP contribution in [0.3, 0.4) is 0 Å². The third-order valence-electron chi connectivity index (χ3n) is 11.8. The smallest absolute Gasteiger partial charge is 0.319 e. The molecule has 4 aromatic carbocycles. The van der Waals surface area contributed by atoms with Gasteiger partial charge in [-0.25, -0.2) is 13.9 Å². The molecule has 2 aliphatic heterocycles. The lowest BCUT2D eigenvalue weighted by Gasteiger charge is -2.42. The van der Waals surface area contributed by atoms with E-state index >= 15 is 4.39 Å². The number of halogens is 2. The summed E-state index contributed by atoms with van der Waals surface area (Å²) in [6, 6.07) is 20.1. The van der Waals surface area contributed by atoms with Crippen LogP contribution in [0.4, 0.5) is 21.8 Å². The zero-order valence-electron chi connectivity index (χ0n) is 35.8. The molecular weight excluding hydrogens is 853 g/mol. The molecule has 0 saturated carbocycles. The second-order valence-corrected chi connectivity index (χ2v) is 16.7. The van der Waals surface area contributed by atoms with E-state index in [4.69, 9.17) is 21.6 Å². The van der Waals surface area contributed by atoms with Gasteiger partial charge in [-0.1, -0.05) is 67.5 Å². The highest BCUT2D eigenvalue weighted by molar-refractivity contribution is 6.36. The Morgan fingerprint density at radius 1 is 1.02 bits per heavy atom. The summed E-state index contributed by atoms with van der Waals surface area (Å²) in [5.74, 6) is -0.704. The number of nitriles is 1. The van der Waals surface area contributed by atoms with Crippen LogP contribution in [0.25, 0.3) is 27.8 Å². The van der Waals surface area contributed by atoms with Crippen molar-refractivity contribution < 1.29 is 29.3 Å². The summed E-state index contributed by atoms with van der Waals surface area (Å²) in [6.07, 6.45) is 2.05. The molecule has 1 saturated heterocycles. The first-order valence-corrected chi connectivity index (χ1v) is 21.6. The Kier molecular flexibility index (Phi) is 12.7. The van der Waals surface area contributed by atoms with Crippen molar-refractivity contribution in [3.63, 3.8) is 0 Å². The molecule has 16 nitrogen and oxygen atoms in total. The predicted molar refractivity (Wildman–Crippen MR) is 245 cm³/mol. The SMILES string of the molecule is C=CC(=O)N1CCN(c2nc(NCCC(=O)NCc3ccc(-n4c(O)nnc4-c4cc(C(C)C)c(O)cc4O)cc3F)nc3c2CCN(c2cccc4cccc(Cl)c24)C3)CC1CC#N. The van der Waals surface area contributed by atoms with Gasteiger partial charge in [-0.2, -0.15) is 10.2 Å². The number of carbonyl (C=O) groups excluding carboxylic acids is 2. The number of aromatic nitrogens is 5. The Morgan fingerprint density at radius 2 is 1.82 bits per heavy atom. The molecule has 0 spiro atoms. The number of hydrogen-bond donors (Lipinski definition) is 5. The van der Waals surface area contributed by atoms with E-state index in [1.807, 2.05) is 50.2 Å². The highest BCUT2D eigenvalue weighted by atomic mass is 35.5. The number of carbonyl (C=O) groups is 2. The highest BCUT2D eigenvalue weighted by Gasteiger charge is 2.33. The third kappa shape index (κ3) is 9.02. The number of aromatic hydroxyl groups is 3. The summed E-state index contributed by atoms with van der Waals surface area (Å²) >= 11 is 6.74. The Balaban J connectivity index is 0.974. The lowest BCUT2D eigenvalue weighted by Crippen LogP contribution is -2.55. The number of anilines is 3. The van der Waals surface area contributed by atoms with Gasteiger partial charge in [0.15, 0.2) is 5.82 Å². The summed E-state index contributed by atoms with van der Waals surface area (Å²) in [6.45, 7) is 9.81. The molecule has 5 N–H and O–H groups in total. The molecule has 334 valence electrons. The molecule has 18 heteroatoms. The first kappa shape index (κ1) is 44.2. The van der Waals surface area contributed by atoms with Crippen molar-refractivity contribution in [1.29, 1.82) is 5.26 Å². The van der Waals surface area contributed by atoms with Crippen molar-refractivity contribution in [2.24, 2.45) is 0 Å². The molecule has 8 rings (SSSR count). The Bertz CT molecular complexity index is 2860. The minimum absolute atomic E-state index is 0.00905. The minimum atomic E-state index is -0.667. The average Bonchev–Trinajstić information content (AvgIpc) is 3.68. The molecule has 4 heterocycles. The highest BCUT2D eigenvalue weighted by Crippen LogP contribution is 2.40. The minimum Gasteiger partial charge on any atom is -0.508 e. The van der Waals surface area contributed by atoms with Gasteiger partial charge in [0.05, 0.1) is 47.0 Å². The Morgan fingerprint density at radius 3 is 2.57 bits per heavy atom. The zero-order chi connectivity index (χ0) is 45.9. The first-order valence-electron chi connectivity index (χ1n) is 21.2. The van der Waals surface area contributed by atoms with Crippen LogP contribution >= 0.6 is 11.6 Å². The molecular formula is C47H47ClFN11O5. The van der Waals surface area contributed by atoms with Gasteiger partial charge in [-0.15, -0.1) is 5.10 Å². The maximum absolute atomic E-state index is 15.6. The number of nitrogens with one attached hydrogen (secondary N) is 2. The van der Waals surface area contributed by atoms with Crippen LogP contribution in [0.5, 0.6) is 17.5 Å². The number of fused-ring (bicyclic) bond motifs is 2. The molecule has 0 bridgehead atoms. The summed E-state index contributed by atoms with van der Waals surface area (Å²) in [5.41, 5.74) is 3.81. The van der Waals surface area contributed by atoms with Crippen molar-refractivity contribution in [1.82, 2.24) is 34.9 Å². The standard InChI is InChI=1S/C47H47ClFN11O5/c1-4-42(64)59-20-19-58(25-31(59)13-16-50)44-32-15-18-57(38-10-6-8-28-7-5-9-35(48)43(28)38)26-37(32)53-46(54-44)51-17-14-41(63)52-24-29-11-12-30(21-36(29)49)60-45(55-56-47(60)65)34-22-33(27(2)3)39(61)23-40(34)62/h4-12,21-23,27,31,61-62H,1,13-15,17-20,24-26H2,2-3H3,(H,52,63)(H,56,65)(H,51,53,54). The molecule has 0 radical (unpaired) electrons. The number of nitrogens with zero attached hydrogens (tertiary/aromatic N) is 9. The van der Waals surface area contributed by atoms with Crippen LogP contribution in [0, 0.1) is 17.1 Å². The fourth-order valence-corrected chi connectivity index (χ4v) is 8.82. The van der Waals surface area contributed by atoms with Crippen molar-refractivity contribution >= 4 is 51.6 Å². The molecule has 0 aliphatic carbocycles. The lowest BCUT2D eigenvalue weighted by atomic mass is 9.98. The fourth-order valence-electron chi connectivity index (χ4n) is 8.54. The zero-order valence-corrected chi connectivity index (χ0v) is 36.6. The van der Waals surface area contributed by atoms with E-state index in [-0.39, 0.29) is 83.8 Å². The normalized spacial score (nSPS) is 14.9. The molecule has 2 aromatic heterocycles. The number of amides is 2. The number of hydrogen-bond acceptors (Lipinski definition) is 13. The number of rotatable bonds is 13. The second-order valence-electron chi connectivity index (χ2n) is 16.3. The molecule has 65 heavy (non-hydrogen) atoms. The van der Waals surface area contributed by atoms with E-state index in [9.17, 15) is 30.2 Å². The summed E-state index contributed by atoms with van der Waals surface area (Å²) in [7, 11) is 0. The molecule has 1 atom stereocenters. The van der Waals surface area contributed by atoms with Gasteiger partial charge in [0.1, 0.15) is 23.1 Å². The Hall–Kier alpha value is -7.45. The lowest BCUT2D eigenvalue weighted by molar-refractivity contribution is -0.128. The van der Waals surface area contributed by atoms with E-state index in [2.05, 4.69) is 43.3 Å². The van der Waals surface area contributed by atoms with E-state index < -0.39 is 11.8 Å². The average molecular weight is 900 g/mol. The topological polar surface area (TPSA) is 209 Å². The van der Waals surface area contributed by atoms with Crippen LogP contribution in [0.15, 0.2) is 79.4 Å². The number of phenolic OH excluding ortho intramolecular Hbond substituents is 2. The van der Waals surface area contributed by atoms with Crippen molar-refractivity contribution in [3.05, 3.63) is 113 Å². The fraction of sp³-hybridized carbons (Fsp3) is 0.298. The van der Waals surface area contributed by atoms with Crippen molar-refractivity contribution in [2.75, 3.05) is 47.8 Å². The second kappa shape index (κ2) is 18.7. The van der Waals surface area contributed by atoms with Gasteiger partial charge in [0, 0.05) is 74.0 Å². The number of phenols is 2. The van der Waals surface area contributed by atoms with Crippen molar-refractivity contribution in [2.45, 2.75) is 58.2 Å².